The first-order valence-corrected chi connectivity index (χ1v) is 8.44. The van der Waals surface area contributed by atoms with Crippen LogP contribution in [0.15, 0.2) is 18.4 Å². The maximum atomic E-state index is 11.5. The van der Waals surface area contributed by atoms with Gasteiger partial charge in [0.25, 0.3) is 0 Å². The molecular formula is C14H26N2O2S. The Morgan fingerprint density at radius 1 is 1.11 bits per heavy atom. The van der Waals surface area contributed by atoms with Gasteiger partial charge in [0.2, 0.25) is 10.0 Å². The van der Waals surface area contributed by atoms with Crippen LogP contribution in [-0.4, -0.2) is 55.6 Å². The van der Waals surface area contributed by atoms with E-state index in [2.05, 4.69) is 44.9 Å². The third kappa shape index (κ3) is 3.48. The Bertz CT molecular complexity index is 466. The molecule has 1 heterocycles. The number of hydrogen-bond acceptors (Lipinski definition) is 3. The molecule has 0 radical (unpaired) electrons. The molecule has 0 saturated carbocycles. The lowest BCUT2D eigenvalue weighted by atomic mass is 9.73. The zero-order valence-corrected chi connectivity index (χ0v) is 13.5. The molecule has 1 fully saturated rings. The number of sulfonamides is 1. The number of piperazine rings is 1. The van der Waals surface area contributed by atoms with Crippen molar-refractivity contribution in [3.63, 3.8) is 0 Å². The molecule has 0 unspecified atom stereocenters. The fourth-order valence-electron chi connectivity index (χ4n) is 2.42. The van der Waals surface area contributed by atoms with Crippen LogP contribution in [0.3, 0.4) is 0 Å². The second kappa shape index (κ2) is 5.41. The summed E-state index contributed by atoms with van der Waals surface area (Å²) in [6.45, 7) is 15.0. The van der Waals surface area contributed by atoms with Crippen molar-refractivity contribution in [2.24, 2.45) is 5.41 Å². The van der Waals surface area contributed by atoms with Crippen molar-refractivity contribution in [3.05, 3.63) is 18.4 Å². The molecule has 0 aromatic rings. The van der Waals surface area contributed by atoms with Crippen molar-refractivity contribution in [1.82, 2.24) is 9.21 Å². The minimum atomic E-state index is -3.06. The Balaban J connectivity index is 2.82. The van der Waals surface area contributed by atoms with Gasteiger partial charge in [-0.05, 0) is 19.9 Å². The normalized spacial score (nSPS) is 20.1. The van der Waals surface area contributed by atoms with Gasteiger partial charge in [0.1, 0.15) is 0 Å². The molecule has 0 aliphatic carbocycles. The number of nitrogens with zero attached hydrogens (tertiary/aromatic N) is 2. The molecule has 0 aromatic carbocycles. The van der Waals surface area contributed by atoms with Gasteiger partial charge in [-0.2, -0.15) is 4.31 Å². The van der Waals surface area contributed by atoms with Gasteiger partial charge in [-0.1, -0.05) is 20.4 Å². The van der Waals surface area contributed by atoms with Crippen LogP contribution in [0.1, 0.15) is 27.7 Å². The van der Waals surface area contributed by atoms with Crippen molar-refractivity contribution in [2.45, 2.75) is 33.2 Å². The molecule has 0 N–H and O–H groups in total. The number of hydrogen-bond donors (Lipinski definition) is 0. The Hall–Kier alpha value is -0.610. The maximum Gasteiger partial charge on any atom is 0.211 e. The molecule has 1 rings (SSSR count). The van der Waals surface area contributed by atoms with E-state index in [1.165, 1.54) is 6.26 Å². The topological polar surface area (TPSA) is 40.6 Å². The Morgan fingerprint density at radius 2 is 1.58 bits per heavy atom. The van der Waals surface area contributed by atoms with Gasteiger partial charge in [-0.25, -0.2) is 8.42 Å². The van der Waals surface area contributed by atoms with Crippen molar-refractivity contribution in [2.75, 3.05) is 32.4 Å². The lowest BCUT2D eigenvalue weighted by molar-refractivity contribution is 0.0150. The zero-order chi connectivity index (χ0) is 14.9. The van der Waals surface area contributed by atoms with Crippen LogP contribution in [-0.2, 0) is 10.0 Å². The highest BCUT2D eigenvalue weighted by Gasteiger charge is 2.41. The van der Waals surface area contributed by atoms with E-state index >= 15 is 0 Å². The van der Waals surface area contributed by atoms with Gasteiger partial charge in [0.05, 0.1) is 6.26 Å². The molecule has 0 spiro atoms. The summed E-state index contributed by atoms with van der Waals surface area (Å²) in [5.74, 6) is 0. The van der Waals surface area contributed by atoms with Crippen LogP contribution < -0.4 is 0 Å². The average molecular weight is 286 g/mol. The SMILES string of the molecule is C=C=CC(C)(C)C(C)(C)N1CCN(S(C)(=O)=O)CC1. The molecule has 0 bridgehead atoms. The summed E-state index contributed by atoms with van der Waals surface area (Å²) < 4.78 is 24.6. The molecule has 1 saturated heterocycles. The van der Waals surface area contributed by atoms with Crippen molar-refractivity contribution in [1.29, 1.82) is 0 Å². The molecule has 1 aliphatic rings. The number of rotatable bonds is 4. The third-order valence-electron chi connectivity index (χ3n) is 4.54. The van der Waals surface area contributed by atoms with Gasteiger partial charge in [0, 0.05) is 37.1 Å². The van der Waals surface area contributed by atoms with E-state index in [0.717, 1.165) is 13.1 Å². The van der Waals surface area contributed by atoms with Crippen molar-refractivity contribution < 1.29 is 8.42 Å². The second-order valence-electron chi connectivity index (χ2n) is 6.28. The summed E-state index contributed by atoms with van der Waals surface area (Å²) in [6, 6.07) is 0. The molecule has 4 nitrogen and oxygen atoms in total. The minimum Gasteiger partial charge on any atom is -0.295 e. The van der Waals surface area contributed by atoms with Gasteiger partial charge in [-0.3, -0.25) is 4.90 Å². The highest BCUT2D eigenvalue weighted by molar-refractivity contribution is 7.88. The van der Waals surface area contributed by atoms with Crippen molar-refractivity contribution >= 4 is 10.0 Å². The van der Waals surface area contributed by atoms with E-state index in [0.29, 0.717) is 13.1 Å². The summed E-state index contributed by atoms with van der Waals surface area (Å²) in [5, 5.41) is 0. The molecular weight excluding hydrogens is 260 g/mol. The van der Waals surface area contributed by atoms with Crippen LogP contribution in [0.2, 0.25) is 0 Å². The summed E-state index contributed by atoms with van der Waals surface area (Å²) in [5.41, 5.74) is 2.74. The molecule has 1 aliphatic heterocycles. The quantitative estimate of drug-likeness (QED) is 0.739. The largest absolute Gasteiger partial charge is 0.295 e. The minimum absolute atomic E-state index is 0.0675. The van der Waals surface area contributed by atoms with Gasteiger partial charge < -0.3 is 0 Å². The Labute approximate surface area is 117 Å². The van der Waals surface area contributed by atoms with E-state index in [1.54, 1.807) is 4.31 Å². The fourth-order valence-corrected chi connectivity index (χ4v) is 3.24. The second-order valence-corrected chi connectivity index (χ2v) is 8.26. The lowest BCUT2D eigenvalue weighted by Gasteiger charge is -2.50. The molecule has 0 amide bonds. The first-order chi connectivity index (χ1) is 8.52. The first kappa shape index (κ1) is 16.4. The zero-order valence-electron chi connectivity index (χ0n) is 12.7. The predicted octanol–water partition coefficient (Wildman–Crippen LogP) is 1.71. The fraction of sp³-hybridized carbons (Fsp3) is 0.786. The Morgan fingerprint density at radius 3 is 1.95 bits per heavy atom. The first-order valence-electron chi connectivity index (χ1n) is 6.59. The van der Waals surface area contributed by atoms with E-state index in [9.17, 15) is 8.42 Å². The summed E-state index contributed by atoms with van der Waals surface area (Å²) in [7, 11) is -3.06. The molecule has 110 valence electrons. The predicted molar refractivity (Wildman–Crippen MR) is 79.6 cm³/mol. The summed E-state index contributed by atoms with van der Waals surface area (Å²) >= 11 is 0. The summed E-state index contributed by atoms with van der Waals surface area (Å²) in [6.07, 6.45) is 3.27. The smallest absolute Gasteiger partial charge is 0.211 e. The highest BCUT2D eigenvalue weighted by Crippen LogP contribution is 2.37. The Kier molecular flexibility index (Phi) is 4.68. The van der Waals surface area contributed by atoms with Crippen LogP contribution in [0, 0.1) is 5.41 Å². The molecule has 0 aromatic heterocycles. The molecule has 0 atom stereocenters. The monoisotopic (exact) mass is 286 g/mol. The maximum absolute atomic E-state index is 11.5. The standard InChI is InChI=1S/C14H26N2O2S/c1-7-8-13(2,3)14(4,5)15-9-11-16(12-10-15)19(6,17)18/h8H,1,9-12H2,2-6H3. The van der Waals surface area contributed by atoms with Crippen LogP contribution in [0.5, 0.6) is 0 Å². The van der Waals surface area contributed by atoms with Gasteiger partial charge >= 0.3 is 0 Å². The lowest BCUT2D eigenvalue weighted by Crippen LogP contribution is -2.60. The average Bonchev–Trinajstić information content (AvgIpc) is 2.27. The third-order valence-corrected chi connectivity index (χ3v) is 5.84. The van der Waals surface area contributed by atoms with Crippen LogP contribution in [0.4, 0.5) is 0 Å². The molecule has 5 heteroatoms. The van der Waals surface area contributed by atoms with Crippen LogP contribution in [0.25, 0.3) is 0 Å². The van der Waals surface area contributed by atoms with E-state index in [-0.39, 0.29) is 11.0 Å². The van der Waals surface area contributed by atoms with Gasteiger partial charge in [0.15, 0.2) is 0 Å². The molecule has 19 heavy (non-hydrogen) atoms. The summed E-state index contributed by atoms with van der Waals surface area (Å²) in [4.78, 5) is 2.35. The van der Waals surface area contributed by atoms with E-state index in [1.807, 2.05) is 6.08 Å². The van der Waals surface area contributed by atoms with Crippen molar-refractivity contribution in [3.8, 4) is 0 Å². The van der Waals surface area contributed by atoms with E-state index < -0.39 is 10.0 Å². The van der Waals surface area contributed by atoms with E-state index in [4.69, 9.17) is 0 Å². The highest BCUT2D eigenvalue weighted by atomic mass is 32.2. The van der Waals surface area contributed by atoms with Gasteiger partial charge in [-0.15, -0.1) is 5.73 Å². The van der Waals surface area contributed by atoms with Crippen LogP contribution >= 0.6 is 0 Å².